The second-order valence-corrected chi connectivity index (χ2v) is 10.3. The molecule has 0 radical (unpaired) electrons. The maximum atomic E-state index is 12.8. The largest absolute Gasteiger partial charge is 0.271 e. The minimum atomic E-state index is -3.84. The summed E-state index contributed by atoms with van der Waals surface area (Å²) in [5.74, 6) is -0.764. The van der Waals surface area contributed by atoms with Crippen molar-refractivity contribution in [2.75, 3.05) is 0 Å². The van der Waals surface area contributed by atoms with Gasteiger partial charge >= 0.3 is 0 Å². The van der Waals surface area contributed by atoms with Crippen LogP contribution in [0.25, 0.3) is 10.8 Å². The van der Waals surface area contributed by atoms with Crippen LogP contribution in [-0.2, 0) is 27.7 Å². The third-order valence-corrected chi connectivity index (χ3v) is 7.31. The number of sulfonamides is 1. The maximum absolute atomic E-state index is 12.8. The Bertz CT molecular complexity index is 1290. The quantitative estimate of drug-likeness (QED) is 0.426. The molecule has 0 unspecified atom stereocenters. The Balaban J connectivity index is 1.50. The van der Waals surface area contributed by atoms with Crippen molar-refractivity contribution in [3.8, 4) is 0 Å². The fraction of sp³-hybridized carbons (Fsp3) is 0.280. The topological polar surface area (TPSA) is 87.6 Å². The molecule has 0 fully saturated rings. The number of carbonyl (C=O) groups excluding carboxylic acids is 1. The molecule has 2 N–H and O–H groups in total. The van der Waals surface area contributed by atoms with Crippen LogP contribution in [0.5, 0.6) is 0 Å². The van der Waals surface area contributed by atoms with Gasteiger partial charge in [0.15, 0.2) is 0 Å². The highest BCUT2D eigenvalue weighted by atomic mass is 32.2. The maximum Gasteiger partial charge on any atom is 0.258 e. The first-order valence-electron chi connectivity index (χ1n) is 10.7. The molecule has 1 aliphatic carbocycles. The third kappa shape index (κ3) is 4.45. The second kappa shape index (κ2) is 8.84. The van der Waals surface area contributed by atoms with Crippen LogP contribution in [0.3, 0.4) is 0 Å². The van der Waals surface area contributed by atoms with Crippen molar-refractivity contribution in [1.29, 1.82) is 0 Å². The van der Waals surface area contributed by atoms with Gasteiger partial charge in [0.05, 0.1) is 11.1 Å². The van der Waals surface area contributed by atoms with Crippen LogP contribution in [-0.4, -0.2) is 26.6 Å². The van der Waals surface area contributed by atoms with Crippen molar-refractivity contribution in [3.05, 3.63) is 76.9 Å². The molecule has 0 saturated heterocycles. The fourth-order valence-electron chi connectivity index (χ4n) is 4.06. The van der Waals surface area contributed by atoms with Gasteiger partial charge in [-0.2, -0.15) is 9.82 Å². The minimum Gasteiger partial charge on any atom is -0.271 e. The van der Waals surface area contributed by atoms with Gasteiger partial charge in [-0.05, 0) is 59.7 Å². The summed E-state index contributed by atoms with van der Waals surface area (Å²) in [4.78, 5) is 12.9. The highest BCUT2D eigenvalue weighted by Gasteiger charge is 2.28. The Labute approximate surface area is 188 Å². The number of hydrogen-bond acceptors (Lipinski definition) is 4. The summed E-state index contributed by atoms with van der Waals surface area (Å²) in [7, 11) is -3.84. The van der Waals surface area contributed by atoms with E-state index in [0.29, 0.717) is 0 Å². The number of amides is 1. The number of benzene rings is 3. The summed E-state index contributed by atoms with van der Waals surface area (Å²) >= 11 is 0. The van der Waals surface area contributed by atoms with Crippen molar-refractivity contribution in [2.45, 2.75) is 44.6 Å². The van der Waals surface area contributed by atoms with E-state index in [1.54, 1.807) is 32.2 Å². The van der Waals surface area contributed by atoms with Gasteiger partial charge in [-0.3, -0.25) is 4.79 Å². The molecule has 7 heteroatoms. The Hall–Kier alpha value is -3.03. The van der Waals surface area contributed by atoms with Crippen molar-refractivity contribution in [3.63, 3.8) is 0 Å². The zero-order valence-electron chi connectivity index (χ0n) is 18.4. The zero-order valence-corrected chi connectivity index (χ0v) is 19.2. The molecule has 3 aromatic carbocycles. The summed E-state index contributed by atoms with van der Waals surface area (Å²) in [6, 6.07) is 15.9. The fourth-order valence-corrected chi connectivity index (χ4v) is 5.41. The van der Waals surface area contributed by atoms with E-state index in [9.17, 15) is 13.2 Å². The van der Waals surface area contributed by atoms with Crippen molar-refractivity contribution in [1.82, 2.24) is 10.1 Å². The molecule has 0 saturated carbocycles. The average Bonchev–Trinajstić information content (AvgIpc) is 3.18. The van der Waals surface area contributed by atoms with Crippen LogP contribution < -0.4 is 10.1 Å². The molecular weight excluding hydrogens is 422 g/mol. The lowest BCUT2D eigenvalue weighted by Gasteiger charge is -2.20. The first kappa shape index (κ1) is 22.2. The SMILES string of the molecule is Cc1ccc(S(=O)(=O)N[C@@H](C(=O)N/N=C\c2ccc3c4c(cccc24)CC3)C(C)C)cc1. The van der Waals surface area contributed by atoms with Gasteiger partial charge in [0.25, 0.3) is 5.91 Å². The molecule has 1 aliphatic rings. The van der Waals surface area contributed by atoms with Crippen molar-refractivity contribution in [2.24, 2.45) is 11.0 Å². The van der Waals surface area contributed by atoms with Gasteiger partial charge in [0.2, 0.25) is 10.0 Å². The molecule has 166 valence electrons. The van der Waals surface area contributed by atoms with E-state index in [1.165, 1.54) is 28.6 Å². The monoisotopic (exact) mass is 449 g/mol. The summed E-state index contributed by atoms with van der Waals surface area (Å²) in [6.45, 7) is 5.46. The van der Waals surface area contributed by atoms with Crippen LogP contribution in [0.1, 0.15) is 36.1 Å². The van der Waals surface area contributed by atoms with Gasteiger partial charge < -0.3 is 0 Å². The molecule has 0 heterocycles. The Kier molecular flexibility index (Phi) is 6.13. The lowest BCUT2D eigenvalue weighted by Crippen LogP contribution is -2.48. The Morgan fingerprint density at radius 1 is 1.00 bits per heavy atom. The molecular formula is C25H27N3O3S. The molecule has 1 atom stereocenters. The summed E-state index contributed by atoms with van der Waals surface area (Å²) in [6.07, 6.45) is 3.70. The standard InChI is InChI=1S/C25H27N3O3S/c1-16(2)24(28-32(30,31)21-13-7-17(3)8-14-21)25(29)27-26-15-20-12-11-19-10-9-18-5-4-6-22(20)23(18)19/h4-8,11-16,24,28H,9-10H2,1-3H3,(H,27,29)/b26-15-/t24-/m1/s1. The predicted octanol–water partition coefficient (Wildman–Crippen LogP) is 3.70. The molecule has 1 amide bonds. The van der Waals surface area contributed by atoms with Crippen LogP contribution in [0.4, 0.5) is 0 Å². The van der Waals surface area contributed by atoms with E-state index in [-0.39, 0.29) is 10.8 Å². The van der Waals surface area contributed by atoms with E-state index in [4.69, 9.17) is 0 Å². The Morgan fingerprint density at radius 2 is 1.69 bits per heavy atom. The van der Waals surface area contributed by atoms with Gasteiger partial charge in [-0.1, -0.05) is 61.9 Å². The molecule has 0 aromatic heterocycles. The van der Waals surface area contributed by atoms with E-state index in [1.807, 2.05) is 19.1 Å². The molecule has 32 heavy (non-hydrogen) atoms. The summed E-state index contributed by atoms with van der Waals surface area (Å²) in [5, 5.41) is 6.51. The first-order chi connectivity index (χ1) is 15.3. The number of nitrogens with zero attached hydrogens (tertiary/aromatic N) is 1. The lowest BCUT2D eigenvalue weighted by atomic mass is 10.0. The zero-order chi connectivity index (χ0) is 22.9. The van der Waals surface area contributed by atoms with Gasteiger partial charge in [0, 0.05) is 5.56 Å². The van der Waals surface area contributed by atoms with Crippen molar-refractivity contribution < 1.29 is 13.2 Å². The smallest absolute Gasteiger partial charge is 0.258 e. The van der Waals surface area contributed by atoms with E-state index in [0.717, 1.165) is 29.4 Å². The van der Waals surface area contributed by atoms with Crippen LogP contribution in [0.15, 0.2) is 64.6 Å². The normalized spacial score (nSPS) is 14.4. The average molecular weight is 450 g/mol. The highest BCUT2D eigenvalue weighted by molar-refractivity contribution is 7.89. The first-order valence-corrected chi connectivity index (χ1v) is 12.2. The van der Waals surface area contributed by atoms with E-state index >= 15 is 0 Å². The van der Waals surface area contributed by atoms with Crippen LogP contribution >= 0.6 is 0 Å². The molecule has 4 rings (SSSR count). The Morgan fingerprint density at radius 3 is 2.38 bits per heavy atom. The van der Waals surface area contributed by atoms with Crippen LogP contribution in [0.2, 0.25) is 0 Å². The van der Waals surface area contributed by atoms with Crippen LogP contribution in [0, 0.1) is 12.8 Å². The lowest BCUT2D eigenvalue weighted by molar-refractivity contribution is -0.123. The second-order valence-electron chi connectivity index (χ2n) is 8.54. The number of hydrogen-bond donors (Lipinski definition) is 2. The molecule has 0 aliphatic heterocycles. The summed E-state index contributed by atoms with van der Waals surface area (Å²) in [5.41, 5.74) is 7.05. The number of carbonyl (C=O) groups is 1. The van der Waals surface area contributed by atoms with Gasteiger partial charge in [-0.25, -0.2) is 13.8 Å². The van der Waals surface area contributed by atoms with E-state index in [2.05, 4.69) is 33.4 Å². The number of nitrogens with one attached hydrogen (secondary N) is 2. The molecule has 3 aromatic rings. The molecule has 6 nitrogen and oxygen atoms in total. The van der Waals surface area contributed by atoms with Gasteiger partial charge in [0.1, 0.15) is 6.04 Å². The van der Waals surface area contributed by atoms with E-state index < -0.39 is 22.0 Å². The number of hydrazone groups is 1. The summed E-state index contributed by atoms with van der Waals surface area (Å²) < 4.78 is 28.0. The van der Waals surface area contributed by atoms with Gasteiger partial charge in [-0.15, -0.1) is 0 Å². The number of aryl methyl sites for hydroxylation is 3. The minimum absolute atomic E-state index is 0.123. The molecule has 0 spiro atoms. The van der Waals surface area contributed by atoms with Crippen molar-refractivity contribution >= 4 is 32.9 Å². The molecule has 0 bridgehead atoms. The highest BCUT2D eigenvalue weighted by Crippen LogP contribution is 2.32. The predicted molar refractivity (Wildman–Crippen MR) is 127 cm³/mol. The third-order valence-electron chi connectivity index (χ3n) is 5.85. The number of rotatable bonds is 7.